The van der Waals surface area contributed by atoms with Gasteiger partial charge in [-0.05, 0) is 12.8 Å². The van der Waals surface area contributed by atoms with Gasteiger partial charge in [-0.1, -0.05) is 13.8 Å². The minimum absolute atomic E-state index is 0.109. The zero-order valence-corrected chi connectivity index (χ0v) is 8.07. The molecular formula is C8H13NO5. The number of amides is 1. The highest BCUT2D eigenvalue weighted by atomic mass is 16.7. The molecule has 0 rings (SSSR count). The number of carbonyl (C=O) groups excluding carboxylic acids is 2. The molecular weight excluding hydrogens is 190 g/mol. The fourth-order valence-electron chi connectivity index (χ4n) is 1.10. The molecule has 2 N–H and O–H groups in total. The molecule has 0 aliphatic heterocycles. The first-order valence-electron chi connectivity index (χ1n) is 4.19. The Morgan fingerprint density at radius 3 is 2.21 bits per heavy atom. The molecule has 0 aromatic carbocycles. The average Bonchev–Trinajstić information content (AvgIpc) is 2.17. The van der Waals surface area contributed by atoms with Crippen LogP contribution in [-0.2, 0) is 19.2 Å². The molecule has 0 aromatic rings. The van der Waals surface area contributed by atoms with E-state index in [2.05, 4.69) is 4.84 Å². The highest BCUT2D eigenvalue weighted by molar-refractivity contribution is 5.99. The van der Waals surface area contributed by atoms with Crippen LogP contribution in [-0.4, -0.2) is 23.5 Å². The topological polar surface area (TPSA) is 92.7 Å². The molecule has 0 saturated heterocycles. The van der Waals surface area contributed by atoms with Crippen molar-refractivity contribution < 1.29 is 24.3 Å². The summed E-state index contributed by atoms with van der Waals surface area (Å²) in [5.41, 5.74) is 0.110. The Morgan fingerprint density at radius 1 is 1.43 bits per heavy atom. The minimum atomic E-state index is -1.57. The van der Waals surface area contributed by atoms with Crippen LogP contribution in [0.3, 0.4) is 0 Å². The van der Waals surface area contributed by atoms with Crippen LogP contribution in [0.2, 0.25) is 0 Å². The SMILES string of the molecule is CCC(CC)(C(=O)O)C(=O)ONC=O. The number of hydroxylamine groups is 1. The molecule has 0 bridgehead atoms. The number of aliphatic carboxylic acids is 1. The third-order valence-electron chi connectivity index (χ3n) is 2.21. The van der Waals surface area contributed by atoms with Gasteiger partial charge >= 0.3 is 11.9 Å². The van der Waals surface area contributed by atoms with E-state index in [1.807, 2.05) is 0 Å². The van der Waals surface area contributed by atoms with E-state index >= 15 is 0 Å². The molecule has 0 unspecified atom stereocenters. The quantitative estimate of drug-likeness (QED) is 0.362. The van der Waals surface area contributed by atoms with E-state index in [1.54, 1.807) is 19.3 Å². The lowest BCUT2D eigenvalue weighted by Crippen LogP contribution is -2.41. The van der Waals surface area contributed by atoms with E-state index in [9.17, 15) is 14.4 Å². The van der Waals surface area contributed by atoms with Crippen LogP contribution < -0.4 is 5.48 Å². The standard InChI is InChI=1S/C8H13NO5/c1-3-8(4-2,6(11)12)7(13)14-9-5-10/h5H,3-4H2,1-2H3,(H,9,10)(H,11,12). The zero-order valence-electron chi connectivity index (χ0n) is 8.07. The Morgan fingerprint density at radius 2 is 1.93 bits per heavy atom. The van der Waals surface area contributed by atoms with Gasteiger partial charge < -0.3 is 9.94 Å². The number of carboxylic acid groups (broad SMARTS) is 1. The maximum atomic E-state index is 11.3. The number of hydrogen-bond donors (Lipinski definition) is 2. The molecule has 0 aliphatic rings. The van der Waals surface area contributed by atoms with Crippen LogP contribution in [0.25, 0.3) is 0 Å². The molecule has 14 heavy (non-hydrogen) atoms. The smallest absolute Gasteiger partial charge is 0.349 e. The minimum Gasteiger partial charge on any atom is -0.480 e. The fourth-order valence-corrected chi connectivity index (χ4v) is 1.10. The molecule has 0 radical (unpaired) electrons. The first-order valence-corrected chi connectivity index (χ1v) is 4.19. The second-order valence-corrected chi connectivity index (χ2v) is 2.72. The second-order valence-electron chi connectivity index (χ2n) is 2.72. The molecule has 0 spiro atoms. The monoisotopic (exact) mass is 203 g/mol. The summed E-state index contributed by atoms with van der Waals surface area (Å²) in [6.45, 7) is 3.14. The van der Waals surface area contributed by atoms with E-state index in [0.717, 1.165) is 0 Å². The summed E-state index contributed by atoms with van der Waals surface area (Å²) in [5, 5.41) is 8.88. The number of carbonyl (C=O) groups is 3. The van der Waals surface area contributed by atoms with Crippen LogP contribution in [0.5, 0.6) is 0 Å². The maximum Gasteiger partial charge on any atom is 0.349 e. The van der Waals surface area contributed by atoms with Gasteiger partial charge in [0.1, 0.15) is 0 Å². The van der Waals surface area contributed by atoms with Crippen molar-refractivity contribution in [3.8, 4) is 0 Å². The van der Waals surface area contributed by atoms with Crippen molar-refractivity contribution in [1.82, 2.24) is 5.48 Å². The van der Waals surface area contributed by atoms with E-state index < -0.39 is 17.4 Å². The first-order chi connectivity index (χ1) is 6.55. The van der Waals surface area contributed by atoms with Gasteiger partial charge in [0.25, 0.3) is 0 Å². The fraction of sp³-hybridized carbons (Fsp3) is 0.625. The Labute approximate surface area is 81.2 Å². The predicted octanol–water partition coefficient (Wildman–Crippen LogP) is 0.0816. The Bertz CT molecular complexity index is 234. The number of carboxylic acids is 1. The number of nitrogens with one attached hydrogen (secondary N) is 1. The Balaban J connectivity index is 4.71. The van der Waals surface area contributed by atoms with Crippen molar-refractivity contribution in [2.45, 2.75) is 26.7 Å². The maximum absolute atomic E-state index is 11.3. The van der Waals surface area contributed by atoms with E-state index in [0.29, 0.717) is 0 Å². The molecule has 80 valence electrons. The normalized spacial score (nSPS) is 10.4. The van der Waals surface area contributed by atoms with Crippen LogP contribution >= 0.6 is 0 Å². The summed E-state index contributed by atoms with van der Waals surface area (Å²) in [7, 11) is 0. The van der Waals surface area contributed by atoms with Crippen molar-refractivity contribution in [2.75, 3.05) is 0 Å². The molecule has 0 heterocycles. The third kappa shape index (κ3) is 2.21. The zero-order chi connectivity index (χ0) is 11.2. The van der Waals surface area contributed by atoms with Crippen LogP contribution in [0.15, 0.2) is 0 Å². The van der Waals surface area contributed by atoms with Crippen molar-refractivity contribution in [2.24, 2.45) is 5.41 Å². The van der Waals surface area contributed by atoms with Gasteiger partial charge in [0, 0.05) is 0 Å². The number of hydrogen-bond acceptors (Lipinski definition) is 4. The summed E-state index contributed by atoms with van der Waals surface area (Å²) < 4.78 is 0. The molecule has 1 amide bonds. The first kappa shape index (κ1) is 12.4. The van der Waals surface area contributed by atoms with E-state index in [-0.39, 0.29) is 19.3 Å². The van der Waals surface area contributed by atoms with Gasteiger partial charge in [0.2, 0.25) is 6.41 Å². The highest BCUT2D eigenvalue weighted by Gasteiger charge is 2.45. The van der Waals surface area contributed by atoms with Gasteiger partial charge in [-0.3, -0.25) is 9.59 Å². The summed E-state index contributed by atoms with van der Waals surface area (Å²) in [6.07, 6.45) is 0.381. The summed E-state index contributed by atoms with van der Waals surface area (Å²) in [5.74, 6) is -2.21. The van der Waals surface area contributed by atoms with Gasteiger partial charge in [0.15, 0.2) is 5.41 Å². The molecule has 0 aliphatic carbocycles. The van der Waals surface area contributed by atoms with Gasteiger partial charge in [0.05, 0.1) is 0 Å². The second kappa shape index (κ2) is 5.21. The molecule has 0 aromatic heterocycles. The summed E-state index contributed by atoms with van der Waals surface area (Å²) >= 11 is 0. The average molecular weight is 203 g/mol. The lowest BCUT2D eigenvalue weighted by molar-refractivity contribution is -0.175. The van der Waals surface area contributed by atoms with Crippen molar-refractivity contribution in [1.29, 1.82) is 0 Å². The lowest BCUT2D eigenvalue weighted by atomic mass is 9.83. The van der Waals surface area contributed by atoms with Crippen molar-refractivity contribution in [3.05, 3.63) is 0 Å². The Kier molecular flexibility index (Phi) is 4.62. The van der Waals surface area contributed by atoms with Crippen LogP contribution in [0.4, 0.5) is 0 Å². The molecule has 0 fully saturated rings. The summed E-state index contributed by atoms with van der Waals surface area (Å²) in [4.78, 5) is 36.3. The third-order valence-corrected chi connectivity index (χ3v) is 2.21. The predicted molar refractivity (Wildman–Crippen MR) is 45.9 cm³/mol. The number of rotatable bonds is 6. The van der Waals surface area contributed by atoms with Gasteiger partial charge in [-0.25, -0.2) is 4.79 Å². The highest BCUT2D eigenvalue weighted by Crippen LogP contribution is 2.27. The molecule has 0 saturated carbocycles. The largest absolute Gasteiger partial charge is 0.480 e. The Hall–Kier alpha value is -1.59. The van der Waals surface area contributed by atoms with E-state index in [1.165, 1.54) is 0 Å². The van der Waals surface area contributed by atoms with Crippen LogP contribution in [0, 0.1) is 5.41 Å². The van der Waals surface area contributed by atoms with Gasteiger partial charge in [-0.15, -0.1) is 0 Å². The van der Waals surface area contributed by atoms with Crippen molar-refractivity contribution in [3.63, 3.8) is 0 Å². The van der Waals surface area contributed by atoms with Crippen molar-refractivity contribution >= 4 is 18.3 Å². The molecule has 0 atom stereocenters. The molecule has 6 nitrogen and oxygen atoms in total. The lowest BCUT2D eigenvalue weighted by Gasteiger charge is -2.22. The van der Waals surface area contributed by atoms with Gasteiger partial charge in [-0.2, -0.15) is 5.48 Å². The molecule has 6 heteroatoms. The summed E-state index contributed by atoms with van der Waals surface area (Å²) in [6, 6.07) is 0. The van der Waals surface area contributed by atoms with Crippen LogP contribution in [0.1, 0.15) is 26.7 Å². The van der Waals surface area contributed by atoms with E-state index in [4.69, 9.17) is 5.11 Å².